The molecule has 0 heterocycles. The second kappa shape index (κ2) is 10.4. The van der Waals surface area contributed by atoms with Crippen molar-refractivity contribution in [3.05, 3.63) is 34.3 Å². The summed E-state index contributed by atoms with van der Waals surface area (Å²) in [5.74, 6) is 0. The maximum Gasteiger partial charge on any atom is 0.0550 e. The van der Waals surface area contributed by atoms with Gasteiger partial charge >= 0.3 is 0 Å². The summed E-state index contributed by atoms with van der Waals surface area (Å²) in [6.07, 6.45) is 9.54. The highest BCUT2D eigenvalue weighted by Gasteiger charge is 2.32. The largest absolute Gasteiger partial charge is 0.395 e. The molecule has 3 heteroatoms. The average Bonchev–Trinajstić information content (AvgIpc) is 2.52. The van der Waals surface area contributed by atoms with Crippen LogP contribution < -0.4 is 0 Å². The molecular formula is C18H29BrO2. The van der Waals surface area contributed by atoms with E-state index in [0.717, 1.165) is 22.9 Å². The highest BCUT2D eigenvalue weighted by molar-refractivity contribution is 9.10. The van der Waals surface area contributed by atoms with Crippen LogP contribution in [0, 0.1) is 0 Å². The lowest BCUT2D eigenvalue weighted by Crippen LogP contribution is -2.35. The fraction of sp³-hybridized carbons (Fsp3) is 0.667. The second-order valence-corrected chi connectivity index (χ2v) is 6.80. The third-order valence-corrected chi connectivity index (χ3v) is 5.00. The number of benzene rings is 1. The normalized spacial score (nSPS) is 11.8. The molecule has 1 aromatic carbocycles. The van der Waals surface area contributed by atoms with Crippen molar-refractivity contribution in [2.24, 2.45) is 0 Å². The van der Waals surface area contributed by atoms with Gasteiger partial charge < -0.3 is 10.2 Å². The number of rotatable bonds is 11. The highest BCUT2D eigenvalue weighted by Crippen LogP contribution is 2.34. The van der Waals surface area contributed by atoms with E-state index >= 15 is 0 Å². The SMILES string of the molecule is CCCCCCCCCC(CO)(CO)c1ccccc1Br. The number of aliphatic hydroxyl groups is 2. The van der Waals surface area contributed by atoms with Crippen LogP contribution in [0.4, 0.5) is 0 Å². The molecule has 1 aromatic rings. The molecule has 1 rings (SSSR count). The minimum absolute atomic E-state index is 0.0120. The lowest BCUT2D eigenvalue weighted by molar-refractivity contribution is 0.106. The number of unbranched alkanes of at least 4 members (excludes halogenated alkanes) is 6. The Hall–Kier alpha value is -0.380. The van der Waals surface area contributed by atoms with Crippen molar-refractivity contribution in [1.82, 2.24) is 0 Å². The molecule has 0 radical (unpaired) electrons. The summed E-state index contributed by atoms with van der Waals surface area (Å²) >= 11 is 3.54. The summed E-state index contributed by atoms with van der Waals surface area (Å²) in [6, 6.07) is 7.89. The Morgan fingerprint density at radius 1 is 0.905 bits per heavy atom. The summed E-state index contributed by atoms with van der Waals surface area (Å²) in [5, 5.41) is 19.7. The number of aliphatic hydroxyl groups excluding tert-OH is 2. The first-order valence-electron chi connectivity index (χ1n) is 8.17. The summed E-state index contributed by atoms with van der Waals surface area (Å²) in [6.45, 7) is 2.21. The van der Waals surface area contributed by atoms with Crippen LogP contribution in [0.25, 0.3) is 0 Å². The van der Waals surface area contributed by atoms with Crippen LogP contribution in [0.2, 0.25) is 0 Å². The minimum Gasteiger partial charge on any atom is -0.395 e. The van der Waals surface area contributed by atoms with Crippen molar-refractivity contribution < 1.29 is 10.2 Å². The van der Waals surface area contributed by atoms with Gasteiger partial charge in [0, 0.05) is 9.89 Å². The minimum atomic E-state index is -0.524. The Morgan fingerprint density at radius 3 is 2.05 bits per heavy atom. The summed E-state index contributed by atoms with van der Waals surface area (Å²) in [4.78, 5) is 0. The number of hydrogen-bond acceptors (Lipinski definition) is 2. The first-order chi connectivity index (χ1) is 10.2. The lowest BCUT2D eigenvalue weighted by Gasteiger charge is -2.31. The standard InChI is InChI=1S/C18H29BrO2/c1-2-3-4-5-6-7-10-13-18(14-20,15-21)16-11-8-9-12-17(16)19/h8-9,11-12,20-21H,2-7,10,13-15H2,1H3. The first-order valence-corrected chi connectivity index (χ1v) is 8.96. The van der Waals surface area contributed by atoms with Crippen LogP contribution in [0.5, 0.6) is 0 Å². The molecule has 0 saturated heterocycles. The van der Waals surface area contributed by atoms with E-state index in [-0.39, 0.29) is 13.2 Å². The van der Waals surface area contributed by atoms with Gasteiger partial charge in [-0.25, -0.2) is 0 Å². The van der Waals surface area contributed by atoms with Gasteiger partial charge in [0.25, 0.3) is 0 Å². The van der Waals surface area contributed by atoms with Crippen LogP contribution in [0.15, 0.2) is 28.7 Å². The number of hydrogen-bond donors (Lipinski definition) is 2. The van der Waals surface area contributed by atoms with Crippen molar-refractivity contribution in [2.45, 2.75) is 63.7 Å². The Morgan fingerprint density at radius 2 is 1.48 bits per heavy atom. The highest BCUT2D eigenvalue weighted by atomic mass is 79.9. The summed E-state index contributed by atoms with van der Waals surface area (Å²) < 4.78 is 0.969. The molecule has 21 heavy (non-hydrogen) atoms. The maximum absolute atomic E-state index is 9.85. The van der Waals surface area contributed by atoms with E-state index in [0.29, 0.717) is 0 Å². The van der Waals surface area contributed by atoms with E-state index in [9.17, 15) is 10.2 Å². The van der Waals surface area contributed by atoms with Crippen molar-refractivity contribution in [2.75, 3.05) is 13.2 Å². The van der Waals surface area contributed by atoms with Crippen LogP contribution >= 0.6 is 15.9 Å². The van der Waals surface area contributed by atoms with Crippen molar-refractivity contribution in [1.29, 1.82) is 0 Å². The van der Waals surface area contributed by atoms with Gasteiger partial charge in [0.15, 0.2) is 0 Å². The molecule has 0 unspecified atom stereocenters. The Kier molecular flexibility index (Phi) is 9.21. The van der Waals surface area contributed by atoms with Crippen molar-refractivity contribution >= 4 is 15.9 Å². The predicted octanol–water partition coefficient (Wildman–Crippen LogP) is 4.81. The molecule has 0 aromatic heterocycles. The molecule has 0 atom stereocenters. The molecule has 0 aliphatic carbocycles. The number of halogens is 1. The topological polar surface area (TPSA) is 40.5 Å². The Balaban J connectivity index is 2.52. The van der Waals surface area contributed by atoms with Crippen molar-refractivity contribution in [3.8, 4) is 0 Å². The van der Waals surface area contributed by atoms with E-state index in [2.05, 4.69) is 22.9 Å². The van der Waals surface area contributed by atoms with Crippen LogP contribution in [0.3, 0.4) is 0 Å². The zero-order valence-corrected chi connectivity index (χ0v) is 14.7. The van der Waals surface area contributed by atoms with E-state index in [1.165, 1.54) is 38.5 Å². The van der Waals surface area contributed by atoms with Crippen molar-refractivity contribution in [3.63, 3.8) is 0 Å². The van der Waals surface area contributed by atoms with Gasteiger partial charge in [0.1, 0.15) is 0 Å². The average molecular weight is 357 g/mol. The molecule has 0 amide bonds. The lowest BCUT2D eigenvalue weighted by atomic mass is 9.77. The monoisotopic (exact) mass is 356 g/mol. The van der Waals surface area contributed by atoms with E-state index < -0.39 is 5.41 Å². The molecule has 0 saturated carbocycles. The fourth-order valence-electron chi connectivity index (χ4n) is 2.82. The predicted molar refractivity (Wildman–Crippen MR) is 92.6 cm³/mol. The molecule has 0 spiro atoms. The molecule has 0 aliphatic rings. The maximum atomic E-state index is 9.85. The third-order valence-electron chi connectivity index (χ3n) is 4.31. The van der Waals surface area contributed by atoms with E-state index in [1.807, 2.05) is 24.3 Å². The Labute approximate surface area is 137 Å². The van der Waals surface area contributed by atoms with Gasteiger partial charge in [-0.2, -0.15) is 0 Å². The van der Waals surface area contributed by atoms with Gasteiger partial charge in [-0.05, 0) is 18.1 Å². The van der Waals surface area contributed by atoms with Crippen LogP contribution in [-0.4, -0.2) is 23.4 Å². The fourth-order valence-corrected chi connectivity index (χ4v) is 3.53. The van der Waals surface area contributed by atoms with Gasteiger partial charge in [-0.1, -0.05) is 86.0 Å². The molecule has 120 valence electrons. The quantitative estimate of drug-likeness (QED) is 0.558. The summed E-state index contributed by atoms with van der Waals surface area (Å²) in [7, 11) is 0. The third kappa shape index (κ3) is 5.72. The zero-order valence-electron chi connectivity index (χ0n) is 13.2. The van der Waals surface area contributed by atoms with E-state index in [4.69, 9.17) is 0 Å². The molecule has 2 nitrogen and oxygen atoms in total. The van der Waals surface area contributed by atoms with Crippen LogP contribution in [-0.2, 0) is 5.41 Å². The Bertz CT molecular complexity index is 389. The van der Waals surface area contributed by atoms with Gasteiger partial charge in [0.2, 0.25) is 0 Å². The summed E-state index contributed by atoms with van der Waals surface area (Å²) in [5.41, 5.74) is 0.491. The van der Waals surface area contributed by atoms with Gasteiger partial charge in [-0.3, -0.25) is 0 Å². The molecule has 0 bridgehead atoms. The second-order valence-electron chi connectivity index (χ2n) is 5.95. The molecule has 2 N–H and O–H groups in total. The smallest absolute Gasteiger partial charge is 0.0550 e. The first kappa shape index (κ1) is 18.7. The zero-order chi connectivity index (χ0) is 15.6. The molecular weight excluding hydrogens is 328 g/mol. The molecule has 0 aliphatic heterocycles. The van der Waals surface area contributed by atoms with E-state index in [1.54, 1.807) is 0 Å². The molecule has 0 fully saturated rings. The van der Waals surface area contributed by atoms with Gasteiger partial charge in [0.05, 0.1) is 13.2 Å². The van der Waals surface area contributed by atoms with Crippen LogP contribution in [0.1, 0.15) is 63.9 Å². The van der Waals surface area contributed by atoms with Gasteiger partial charge in [-0.15, -0.1) is 0 Å².